The fourth-order valence-corrected chi connectivity index (χ4v) is 3.89. The third-order valence-corrected chi connectivity index (χ3v) is 5.47. The molecule has 0 aromatic heterocycles. The lowest BCUT2D eigenvalue weighted by molar-refractivity contribution is 0.0917. The van der Waals surface area contributed by atoms with Crippen LogP contribution in [0.4, 0.5) is 5.69 Å². The first-order valence-electron chi connectivity index (χ1n) is 9.24. The summed E-state index contributed by atoms with van der Waals surface area (Å²) in [6.07, 6.45) is 1.68. The molecule has 2 atom stereocenters. The average molecular weight is 401 g/mol. The number of azo groups is 1. The maximum atomic E-state index is 13.0. The van der Waals surface area contributed by atoms with Gasteiger partial charge in [0.1, 0.15) is 11.4 Å². The van der Waals surface area contributed by atoms with Crippen LogP contribution >= 0.6 is 11.6 Å². The summed E-state index contributed by atoms with van der Waals surface area (Å²) in [5.74, 6) is 0.201. The first-order chi connectivity index (χ1) is 13.5. The van der Waals surface area contributed by atoms with E-state index in [1.54, 1.807) is 19.2 Å². The van der Waals surface area contributed by atoms with E-state index >= 15 is 0 Å². The molecule has 1 aliphatic rings. The Morgan fingerprint density at radius 2 is 2.11 bits per heavy atom. The Morgan fingerprint density at radius 1 is 1.36 bits per heavy atom. The highest BCUT2D eigenvalue weighted by molar-refractivity contribution is 6.33. The Balaban J connectivity index is 1.81. The van der Waals surface area contributed by atoms with E-state index in [1.165, 1.54) is 12.7 Å². The summed E-state index contributed by atoms with van der Waals surface area (Å²) >= 11 is 6.26. The van der Waals surface area contributed by atoms with Gasteiger partial charge in [-0.3, -0.25) is 4.79 Å². The Bertz CT molecular complexity index is 872. The van der Waals surface area contributed by atoms with Gasteiger partial charge in [0.05, 0.1) is 17.7 Å². The third-order valence-electron chi connectivity index (χ3n) is 5.17. The number of nitrogens with one attached hydrogen (secondary N) is 2. The molecule has 0 radical (unpaired) electrons. The van der Waals surface area contributed by atoms with E-state index in [-0.39, 0.29) is 17.5 Å². The third kappa shape index (κ3) is 4.34. The molecule has 1 heterocycles. The Labute approximate surface area is 170 Å². The van der Waals surface area contributed by atoms with Crippen molar-refractivity contribution in [2.45, 2.75) is 31.3 Å². The first-order valence-corrected chi connectivity index (χ1v) is 9.62. The van der Waals surface area contributed by atoms with Gasteiger partial charge in [-0.2, -0.15) is 10.2 Å². The number of ether oxygens (including phenoxy) is 1. The lowest BCUT2D eigenvalue weighted by Crippen LogP contribution is -2.54. The summed E-state index contributed by atoms with van der Waals surface area (Å²) in [5, 5.41) is 14.8. The molecule has 2 N–H and O–H groups in total. The minimum Gasteiger partial charge on any atom is -0.496 e. The highest BCUT2D eigenvalue weighted by Crippen LogP contribution is 2.33. The zero-order chi connectivity index (χ0) is 20.1. The Kier molecular flexibility index (Phi) is 6.31. The van der Waals surface area contributed by atoms with Crippen LogP contribution in [-0.4, -0.2) is 38.2 Å². The maximum Gasteiger partial charge on any atom is 0.255 e. The van der Waals surface area contributed by atoms with Crippen molar-refractivity contribution < 1.29 is 9.53 Å². The molecule has 0 aliphatic carbocycles. The molecule has 28 heavy (non-hydrogen) atoms. The van der Waals surface area contributed by atoms with Crippen molar-refractivity contribution in [1.29, 1.82) is 0 Å². The summed E-state index contributed by atoms with van der Waals surface area (Å²) in [6.45, 7) is 2.99. The van der Waals surface area contributed by atoms with Crippen LogP contribution in [-0.2, 0) is 6.42 Å². The standard InChI is InChI=1S/C21H25ClN4O2/c1-21(13-14-7-5-4-6-8-14)19(9-10-24-21)25-20(27)15-11-16(22)17(26-23-2)12-18(15)28-3/h4-8,11-12,19,24H,9-10,13H2,1-3H3,(H,25,27)/b26-23-. The van der Waals surface area contributed by atoms with E-state index in [1.807, 2.05) is 18.2 Å². The lowest BCUT2D eigenvalue weighted by atomic mass is 9.87. The van der Waals surface area contributed by atoms with Crippen LogP contribution in [0.15, 0.2) is 52.7 Å². The van der Waals surface area contributed by atoms with Gasteiger partial charge in [0.15, 0.2) is 0 Å². The quantitative estimate of drug-likeness (QED) is 0.715. The molecule has 1 amide bonds. The van der Waals surface area contributed by atoms with Gasteiger partial charge < -0.3 is 15.4 Å². The highest BCUT2D eigenvalue weighted by Gasteiger charge is 2.39. The van der Waals surface area contributed by atoms with Crippen molar-refractivity contribution in [1.82, 2.24) is 10.6 Å². The monoisotopic (exact) mass is 400 g/mol. The molecule has 148 valence electrons. The van der Waals surface area contributed by atoms with Gasteiger partial charge in [-0.1, -0.05) is 41.9 Å². The van der Waals surface area contributed by atoms with Crippen LogP contribution in [0.2, 0.25) is 5.02 Å². The molecule has 7 heteroatoms. The van der Waals surface area contributed by atoms with Crippen molar-refractivity contribution >= 4 is 23.2 Å². The van der Waals surface area contributed by atoms with Gasteiger partial charge in [-0.15, -0.1) is 0 Å². The first kappa shape index (κ1) is 20.3. The van der Waals surface area contributed by atoms with E-state index in [2.05, 4.69) is 39.9 Å². The van der Waals surface area contributed by atoms with Crippen molar-refractivity contribution in [3.05, 3.63) is 58.6 Å². The molecule has 1 fully saturated rings. The zero-order valence-corrected chi connectivity index (χ0v) is 17.1. The van der Waals surface area contributed by atoms with E-state index in [0.717, 1.165) is 19.4 Å². The molecule has 0 saturated carbocycles. The number of hydrogen-bond acceptors (Lipinski definition) is 5. The van der Waals surface area contributed by atoms with E-state index < -0.39 is 0 Å². The number of benzene rings is 2. The normalized spacial score (nSPS) is 21.8. The second-order valence-corrected chi connectivity index (χ2v) is 7.53. The van der Waals surface area contributed by atoms with E-state index in [9.17, 15) is 4.79 Å². The maximum absolute atomic E-state index is 13.0. The largest absolute Gasteiger partial charge is 0.496 e. The van der Waals surface area contributed by atoms with E-state index in [0.29, 0.717) is 22.0 Å². The predicted octanol–water partition coefficient (Wildman–Crippen LogP) is 4.16. The Morgan fingerprint density at radius 3 is 2.79 bits per heavy atom. The SMILES string of the molecule is C/N=N\c1cc(OC)c(C(=O)NC2CCNC2(C)Cc2ccccc2)cc1Cl. The summed E-state index contributed by atoms with van der Waals surface area (Å²) < 4.78 is 5.38. The summed E-state index contributed by atoms with van der Waals surface area (Å²) in [4.78, 5) is 13.0. The molecule has 1 aliphatic heterocycles. The number of carbonyl (C=O) groups excluding carboxylic acids is 1. The van der Waals surface area contributed by atoms with Gasteiger partial charge in [0.2, 0.25) is 0 Å². The van der Waals surface area contributed by atoms with Crippen LogP contribution in [0.25, 0.3) is 0 Å². The molecular weight excluding hydrogens is 376 g/mol. The summed E-state index contributed by atoms with van der Waals surface area (Å²) in [5.41, 5.74) is 1.85. The molecular formula is C21H25ClN4O2. The Hall–Kier alpha value is -2.44. The number of methoxy groups -OCH3 is 1. The van der Waals surface area contributed by atoms with Crippen LogP contribution in [0.5, 0.6) is 5.75 Å². The van der Waals surface area contributed by atoms with Crippen molar-refractivity contribution in [3.8, 4) is 5.75 Å². The van der Waals surface area contributed by atoms with Gasteiger partial charge in [-0.05, 0) is 37.9 Å². The van der Waals surface area contributed by atoms with Crippen LogP contribution in [0.1, 0.15) is 29.3 Å². The second kappa shape index (κ2) is 8.71. The smallest absolute Gasteiger partial charge is 0.255 e. The van der Waals surface area contributed by atoms with Crippen molar-refractivity contribution in [2.24, 2.45) is 10.2 Å². The molecule has 2 unspecified atom stereocenters. The summed E-state index contributed by atoms with van der Waals surface area (Å²) in [6, 6.07) is 13.5. The molecule has 6 nitrogen and oxygen atoms in total. The predicted molar refractivity (Wildman–Crippen MR) is 111 cm³/mol. The van der Waals surface area contributed by atoms with E-state index in [4.69, 9.17) is 16.3 Å². The van der Waals surface area contributed by atoms with Crippen LogP contribution in [0, 0.1) is 0 Å². The average Bonchev–Trinajstić information content (AvgIpc) is 3.03. The molecule has 2 aromatic rings. The van der Waals surface area contributed by atoms with Crippen LogP contribution in [0.3, 0.4) is 0 Å². The molecule has 1 saturated heterocycles. The van der Waals surface area contributed by atoms with Crippen molar-refractivity contribution in [2.75, 3.05) is 20.7 Å². The number of halogens is 1. The fraction of sp³-hybridized carbons (Fsp3) is 0.381. The highest BCUT2D eigenvalue weighted by atomic mass is 35.5. The number of hydrogen-bond donors (Lipinski definition) is 2. The van der Waals surface area contributed by atoms with Crippen LogP contribution < -0.4 is 15.4 Å². The van der Waals surface area contributed by atoms with Gasteiger partial charge >= 0.3 is 0 Å². The van der Waals surface area contributed by atoms with Gasteiger partial charge in [-0.25, -0.2) is 0 Å². The topological polar surface area (TPSA) is 75.1 Å². The number of amides is 1. The van der Waals surface area contributed by atoms with Gasteiger partial charge in [0.25, 0.3) is 5.91 Å². The second-order valence-electron chi connectivity index (χ2n) is 7.13. The van der Waals surface area contributed by atoms with Gasteiger partial charge in [0, 0.05) is 24.7 Å². The number of carbonyl (C=O) groups is 1. The number of rotatable bonds is 6. The molecule has 2 aromatic carbocycles. The lowest BCUT2D eigenvalue weighted by Gasteiger charge is -2.32. The van der Waals surface area contributed by atoms with Crippen molar-refractivity contribution in [3.63, 3.8) is 0 Å². The molecule has 3 rings (SSSR count). The number of nitrogens with zero attached hydrogens (tertiary/aromatic N) is 2. The molecule has 0 bridgehead atoms. The zero-order valence-electron chi connectivity index (χ0n) is 16.3. The summed E-state index contributed by atoms with van der Waals surface area (Å²) in [7, 11) is 3.08. The molecule has 0 spiro atoms. The minimum atomic E-state index is -0.232. The fourth-order valence-electron chi connectivity index (χ4n) is 3.69. The minimum absolute atomic E-state index is 0.0151.